The highest BCUT2D eigenvalue weighted by Crippen LogP contribution is 2.18. The van der Waals surface area contributed by atoms with Crippen molar-refractivity contribution in [3.8, 4) is 0 Å². The van der Waals surface area contributed by atoms with Gasteiger partial charge in [-0.25, -0.2) is 0 Å². The van der Waals surface area contributed by atoms with E-state index in [0.717, 1.165) is 57.8 Å². The van der Waals surface area contributed by atoms with Crippen molar-refractivity contribution in [2.45, 2.75) is 367 Å². The zero-order valence-electron chi connectivity index (χ0n) is 46.4. The Morgan fingerprint density at radius 2 is 0.397 bits per heavy atom. The molecule has 0 aromatic rings. The summed E-state index contributed by atoms with van der Waals surface area (Å²) in [5.74, 6) is -0.842. The second-order valence-corrected chi connectivity index (χ2v) is 21.3. The number of carbonyl (C=O) groups excluding carboxylic acids is 3. The van der Waals surface area contributed by atoms with E-state index < -0.39 is 6.10 Å². The smallest absolute Gasteiger partial charge is 0.306 e. The molecule has 0 aliphatic carbocycles. The Morgan fingerprint density at radius 3 is 0.588 bits per heavy atom. The van der Waals surface area contributed by atoms with Crippen LogP contribution in [0.5, 0.6) is 0 Å². The molecule has 0 spiro atoms. The Hall–Kier alpha value is -1.59. The monoisotopic (exact) mass is 961 g/mol. The Balaban J connectivity index is 3.96. The predicted octanol–water partition coefficient (Wildman–Crippen LogP) is 20.7. The quantitative estimate of drug-likeness (QED) is 0.0343. The molecule has 0 saturated carbocycles. The molecule has 0 aromatic heterocycles. The first-order valence-corrected chi connectivity index (χ1v) is 31.0. The fraction of sp³-hybridized carbons (Fsp3) is 0.952. The third kappa shape index (κ3) is 55.3. The first-order valence-electron chi connectivity index (χ1n) is 31.0. The van der Waals surface area contributed by atoms with Gasteiger partial charge in [0.1, 0.15) is 13.2 Å². The number of hydrogen-bond donors (Lipinski definition) is 0. The Bertz CT molecular complexity index is 1010. The van der Waals surface area contributed by atoms with Crippen molar-refractivity contribution >= 4 is 17.9 Å². The van der Waals surface area contributed by atoms with Gasteiger partial charge in [-0.15, -0.1) is 0 Å². The van der Waals surface area contributed by atoms with E-state index in [9.17, 15) is 14.4 Å². The molecule has 68 heavy (non-hydrogen) atoms. The van der Waals surface area contributed by atoms with Crippen LogP contribution in [0.4, 0.5) is 0 Å². The van der Waals surface area contributed by atoms with Crippen molar-refractivity contribution in [2.75, 3.05) is 13.2 Å². The summed E-state index contributed by atoms with van der Waals surface area (Å²) in [5.41, 5.74) is 0. The SMILES string of the molecule is CCCCCCCCCCCCCCCCCCCCCCCCCCCCCCCC(=O)OCC(COC(=O)CCCCCCCCC)OC(=O)CCCCCCCCCCCCCCCC. The first kappa shape index (κ1) is 66.4. The van der Waals surface area contributed by atoms with E-state index in [1.54, 1.807) is 0 Å². The average Bonchev–Trinajstić information content (AvgIpc) is 3.34. The van der Waals surface area contributed by atoms with Crippen LogP contribution in [0.3, 0.4) is 0 Å². The maximum Gasteiger partial charge on any atom is 0.306 e. The van der Waals surface area contributed by atoms with Crippen LogP contribution in [0.25, 0.3) is 0 Å². The van der Waals surface area contributed by atoms with E-state index in [-0.39, 0.29) is 31.1 Å². The lowest BCUT2D eigenvalue weighted by Crippen LogP contribution is -2.30. The summed E-state index contributed by atoms with van der Waals surface area (Å²) in [6.07, 6.45) is 65.8. The highest BCUT2D eigenvalue weighted by Gasteiger charge is 2.19. The van der Waals surface area contributed by atoms with E-state index in [0.29, 0.717) is 19.3 Å². The number of unbranched alkanes of at least 4 members (excludes halogenated alkanes) is 47. The van der Waals surface area contributed by atoms with Crippen LogP contribution < -0.4 is 0 Å². The minimum Gasteiger partial charge on any atom is -0.462 e. The van der Waals surface area contributed by atoms with Crippen LogP contribution in [-0.2, 0) is 28.6 Å². The summed E-state index contributed by atoms with van der Waals surface area (Å²) in [6.45, 7) is 6.66. The van der Waals surface area contributed by atoms with Crippen molar-refractivity contribution in [1.82, 2.24) is 0 Å². The third-order valence-corrected chi connectivity index (χ3v) is 14.4. The molecule has 0 heterocycles. The number of ether oxygens (including phenoxy) is 3. The van der Waals surface area contributed by atoms with E-state index in [2.05, 4.69) is 20.8 Å². The molecule has 0 fully saturated rings. The minimum absolute atomic E-state index is 0.0619. The molecule has 0 bridgehead atoms. The molecule has 0 radical (unpaired) electrons. The maximum atomic E-state index is 12.8. The molecule has 404 valence electrons. The molecule has 6 nitrogen and oxygen atoms in total. The normalized spacial score (nSPS) is 11.9. The third-order valence-electron chi connectivity index (χ3n) is 14.4. The molecule has 0 amide bonds. The second kappa shape index (κ2) is 58.0. The van der Waals surface area contributed by atoms with Crippen LogP contribution in [0.2, 0.25) is 0 Å². The van der Waals surface area contributed by atoms with Gasteiger partial charge in [-0.1, -0.05) is 323 Å². The van der Waals surface area contributed by atoms with Gasteiger partial charge >= 0.3 is 17.9 Å². The molecule has 6 heteroatoms. The molecular weight excluding hydrogens is 841 g/mol. The van der Waals surface area contributed by atoms with Crippen molar-refractivity contribution < 1.29 is 28.6 Å². The van der Waals surface area contributed by atoms with Gasteiger partial charge in [0.15, 0.2) is 6.10 Å². The average molecular weight is 962 g/mol. The number of carbonyl (C=O) groups is 3. The molecule has 0 saturated heterocycles. The second-order valence-electron chi connectivity index (χ2n) is 21.3. The van der Waals surface area contributed by atoms with Gasteiger partial charge in [0.05, 0.1) is 0 Å². The van der Waals surface area contributed by atoms with Gasteiger partial charge in [0, 0.05) is 19.3 Å². The van der Waals surface area contributed by atoms with Crippen LogP contribution >= 0.6 is 0 Å². The topological polar surface area (TPSA) is 78.9 Å². The summed E-state index contributed by atoms with van der Waals surface area (Å²) >= 11 is 0. The van der Waals surface area contributed by atoms with Crippen molar-refractivity contribution in [3.05, 3.63) is 0 Å². The molecule has 0 aromatic carbocycles. The minimum atomic E-state index is -0.760. The van der Waals surface area contributed by atoms with Crippen molar-refractivity contribution in [3.63, 3.8) is 0 Å². The summed E-state index contributed by atoms with van der Waals surface area (Å²) in [5, 5.41) is 0. The molecule has 1 atom stereocenters. The van der Waals surface area contributed by atoms with E-state index >= 15 is 0 Å². The van der Waals surface area contributed by atoms with Gasteiger partial charge in [-0.3, -0.25) is 14.4 Å². The van der Waals surface area contributed by atoms with Crippen LogP contribution in [-0.4, -0.2) is 37.2 Å². The van der Waals surface area contributed by atoms with Gasteiger partial charge in [-0.2, -0.15) is 0 Å². The standard InChI is InChI=1S/C62H120O6/c1-4-7-10-13-16-18-20-22-24-25-26-27-28-29-30-31-32-33-34-35-36-37-38-40-41-43-46-49-52-55-61(64)67-58-59(57-66-60(63)54-51-48-45-15-12-9-6-3)68-62(65)56-53-50-47-44-42-39-23-21-19-17-14-11-8-5-2/h59H,4-58H2,1-3H3. The summed E-state index contributed by atoms with van der Waals surface area (Å²) in [6, 6.07) is 0. The van der Waals surface area contributed by atoms with Crippen LogP contribution in [0, 0.1) is 0 Å². The molecule has 0 rings (SSSR count). The summed E-state index contributed by atoms with van der Waals surface area (Å²) < 4.78 is 16.8. The summed E-state index contributed by atoms with van der Waals surface area (Å²) in [7, 11) is 0. The highest BCUT2D eigenvalue weighted by atomic mass is 16.6. The van der Waals surface area contributed by atoms with Crippen LogP contribution in [0.1, 0.15) is 361 Å². The lowest BCUT2D eigenvalue weighted by atomic mass is 10.0. The van der Waals surface area contributed by atoms with Gasteiger partial charge in [-0.05, 0) is 19.3 Å². The fourth-order valence-corrected chi connectivity index (χ4v) is 9.68. The first-order chi connectivity index (χ1) is 33.5. The molecule has 0 N–H and O–H groups in total. The number of hydrogen-bond acceptors (Lipinski definition) is 6. The fourth-order valence-electron chi connectivity index (χ4n) is 9.68. The Morgan fingerprint density at radius 1 is 0.235 bits per heavy atom. The lowest BCUT2D eigenvalue weighted by Gasteiger charge is -2.18. The van der Waals surface area contributed by atoms with Crippen molar-refractivity contribution in [1.29, 1.82) is 0 Å². The zero-order chi connectivity index (χ0) is 49.3. The van der Waals surface area contributed by atoms with Gasteiger partial charge in [0.25, 0.3) is 0 Å². The predicted molar refractivity (Wildman–Crippen MR) is 294 cm³/mol. The largest absolute Gasteiger partial charge is 0.462 e. The highest BCUT2D eigenvalue weighted by molar-refractivity contribution is 5.71. The number of rotatable bonds is 58. The Labute approximate surface area is 425 Å². The molecular formula is C62H120O6. The number of esters is 3. The Kier molecular flexibility index (Phi) is 56.6. The van der Waals surface area contributed by atoms with Gasteiger partial charge in [0.2, 0.25) is 0 Å². The molecule has 0 aliphatic heterocycles. The molecule has 1 unspecified atom stereocenters. The zero-order valence-corrected chi connectivity index (χ0v) is 46.4. The van der Waals surface area contributed by atoms with Crippen LogP contribution in [0.15, 0.2) is 0 Å². The van der Waals surface area contributed by atoms with Crippen molar-refractivity contribution in [2.24, 2.45) is 0 Å². The molecule has 0 aliphatic rings. The summed E-state index contributed by atoms with van der Waals surface area (Å²) in [4.78, 5) is 37.9. The van der Waals surface area contributed by atoms with Gasteiger partial charge < -0.3 is 14.2 Å². The van der Waals surface area contributed by atoms with E-state index in [1.165, 1.54) is 263 Å². The van der Waals surface area contributed by atoms with E-state index in [1.807, 2.05) is 0 Å². The maximum absolute atomic E-state index is 12.8. The van der Waals surface area contributed by atoms with E-state index in [4.69, 9.17) is 14.2 Å². The lowest BCUT2D eigenvalue weighted by molar-refractivity contribution is -0.167.